The van der Waals surface area contributed by atoms with Gasteiger partial charge < -0.3 is 10.6 Å². The Morgan fingerprint density at radius 2 is 2.23 bits per heavy atom. The van der Waals surface area contributed by atoms with Gasteiger partial charge in [0.25, 0.3) is 0 Å². The normalized spacial score (nSPS) is 17.9. The zero-order valence-corrected chi connectivity index (χ0v) is 16.0. The molecule has 2 N–H and O–H groups in total. The van der Waals surface area contributed by atoms with Crippen molar-refractivity contribution in [2.24, 2.45) is 0 Å². The van der Waals surface area contributed by atoms with Crippen molar-refractivity contribution >= 4 is 35.4 Å². The monoisotopic (exact) mass is 389 g/mol. The molecule has 0 radical (unpaired) electrons. The van der Waals surface area contributed by atoms with Crippen LogP contribution in [-0.4, -0.2) is 51.0 Å². The fraction of sp³-hybridized carbons (Fsp3) is 0.278. The van der Waals surface area contributed by atoms with Crippen molar-refractivity contribution in [2.45, 2.75) is 6.04 Å². The van der Waals surface area contributed by atoms with Gasteiger partial charge in [-0.2, -0.15) is 0 Å². The number of nitrogens with two attached hydrogens (primary N) is 1. The number of nitrogen functional groups attached to an aromatic ring is 1. The molecule has 1 aromatic heterocycles. The van der Waals surface area contributed by atoms with Crippen LogP contribution in [0.5, 0.6) is 0 Å². The predicted molar refractivity (Wildman–Crippen MR) is 107 cm³/mol. The van der Waals surface area contributed by atoms with Crippen LogP contribution < -0.4 is 5.73 Å². The second-order valence-corrected chi connectivity index (χ2v) is 7.21. The summed E-state index contributed by atoms with van der Waals surface area (Å²) in [5.41, 5.74) is 8.20. The van der Waals surface area contributed by atoms with E-state index in [1.807, 2.05) is 29.4 Å². The number of rotatable bonds is 4. The van der Waals surface area contributed by atoms with Gasteiger partial charge in [0.15, 0.2) is 0 Å². The molecule has 0 unspecified atom stereocenters. The average Bonchev–Trinajstić information content (AvgIpc) is 2.66. The molecule has 1 aromatic carbocycles. The first-order chi connectivity index (χ1) is 12.5. The molecule has 1 atom stereocenters. The van der Waals surface area contributed by atoms with E-state index in [0.29, 0.717) is 23.8 Å². The second kappa shape index (κ2) is 8.07. The first-order valence-corrected chi connectivity index (χ1v) is 9.69. The van der Waals surface area contributed by atoms with Crippen LogP contribution in [0.1, 0.15) is 11.6 Å². The molecule has 1 aliphatic rings. The molecule has 3 rings (SSSR count). The van der Waals surface area contributed by atoms with Crippen molar-refractivity contribution in [2.75, 3.05) is 31.6 Å². The van der Waals surface area contributed by atoms with Crippen LogP contribution in [0, 0.1) is 0 Å². The molecule has 136 valence electrons. The summed E-state index contributed by atoms with van der Waals surface area (Å²) >= 11 is 8.04. The molecule has 0 bridgehead atoms. The Morgan fingerprint density at radius 3 is 2.92 bits per heavy atom. The van der Waals surface area contributed by atoms with Crippen molar-refractivity contribution in [1.29, 1.82) is 0 Å². The van der Waals surface area contributed by atoms with Crippen molar-refractivity contribution in [1.82, 2.24) is 19.2 Å². The van der Waals surface area contributed by atoms with Crippen LogP contribution in [0.25, 0.3) is 11.3 Å². The van der Waals surface area contributed by atoms with Gasteiger partial charge >= 0.3 is 0 Å². The van der Waals surface area contributed by atoms with E-state index in [-0.39, 0.29) is 17.9 Å². The van der Waals surface area contributed by atoms with Crippen LogP contribution in [0.2, 0.25) is 5.02 Å². The van der Waals surface area contributed by atoms with Crippen LogP contribution in [0.3, 0.4) is 0 Å². The lowest BCUT2D eigenvalue weighted by Gasteiger charge is -2.40. The van der Waals surface area contributed by atoms with Gasteiger partial charge in [-0.05, 0) is 42.2 Å². The number of carbonyl (C=O) groups excluding carboxylic acids is 1. The van der Waals surface area contributed by atoms with Crippen LogP contribution in [-0.2, 0) is 4.79 Å². The summed E-state index contributed by atoms with van der Waals surface area (Å²) in [6, 6.07) is 7.41. The first kappa shape index (κ1) is 18.7. The molecule has 2 aromatic rings. The molecule has 26 heavy (non-hydrogen) atoms. The van der Waals surface area contributed by atoms with Gasteiger partial charge in [-0.3, -0.25) is 4.79 Å². The smallest absolute Gasteiger partial charge is 0.246 e. The van der Waals surface area contributed by atoms with Crippen molar-refractivity contribution in [3.63, 3.8) is 0 Å². The summed E-state index contributed by atoms with van der Waals surface area (Å²) < 4.78 is 2.24. The molecule has 2 heterocycles. The Labute approximate surface area is 162 Å². The fourth-order valence-corrected chi connectivity index (χ4v) is 3.88. The van der Waals surface area contributed by atoms with E-state index in [9.17, 15) is 4.79 Å². The van der Waals surface area contributed by atoms with E-state index >= 15 is 0 Å². The molecule has 0 spiro atoms. The molecule has 1 amide bonds. The summed E-state index contributed by atoms with van der Waals surface area (Å²) in [5, 5.41) is 0.585. The molecule has 0 saturated carbocycles. The molecule has 0 aliphatic carbocycles. The van der Waals surface area contributed by atoms with E-state index in [1.165, 1.54) is 6.08 Å². The molecule has 1 saturated heterocycles. The number of carbonyl (C=O) groups is 1. The number of halogens is 1. The quantitative estimate of drug-likeness (QED) is 0.639. The Bertz CT molecular complexity index is 831. The van der Waals surface area contributed by atoms with Crippen molar-refractivity contribution < 1.29 is 4.79 Å². The number of anilines is 1. The summed E-state index contributed by atoms with van der Waals surface area (Å²) in [4.78, 5) is 22.4. The van der Waals surface area contributed by atoms with Gasteiger partial charge in [-0.15, -0.1) is 0 Å². The first-order valence-electron chi connectivity index (χ1n) is 8.13. The van der Waals surface area contributed by atoms with Gasteiger partial charge in [-0.25, -0.2) is 14.3 Å². The Morgan fingerprint density at radius 1 is 1.42 bits per heavy atom. The number of piperazine rings is 1. The number of hydrogen-bond donors (Lipinski definition) is 1. The number of nitrogens with zero attached hydrogens (tertiary/aromatic N) is 4. The Kier molecular flexibility index (Phi) is 5.80. The molecule has 1 fully saturated rings. The van der Waals surface area contributed by atoms with Gasteiger partial charge in [0, 0.05) is 36.4 Å². The number of benzene rings is 1. The minimum atomic E-state index is -0.113. The SMILES string of the molecule is C=CC(=O)N1CCN(SC)C[C@H]1c1cc(Cl)cc(-c2ccnc(N)n2)c1. The summed E-state index contributed by atoms with van der Waals surface area (Å²) in [6.45, 7) is 5.79. The van der Waals surface area contributed by atoms with Crippen LogP contribution in [0.15, 0.2) is 43.1 Å². The third-order valence-corrected chi connectivity index (χ3v) is 5.40. The lowest BCUT2D eigenvalue weighted by atomic mass is 9.99. The van der Waals surface area contributed by atoms with Gasteiger partial charge in [-0.1, -0.05) is 30.1 Å². The van der Waals surface area contributed by atoms with E-state index < -0.39 is 0 Å². The molecular weight excluding hydrogens is 370 g/mol. The number of amides is 1. The number of hydrogen-bond acceptors (Lipinski definition) is 6. The highest BCUT2D eigenvalue weighted by atomic mass is 35.5. The predicted octanol–water partition coefficient (Wildman–Crippen LogP) is 3.03. The van der Waals surface area contributed by atoms with Crippen molar-refractivity contribution in [3.05, 3.63) is 53.7 Å². The highest BCUT2D eigenvalue weighted by Crippen LogP contribution is 2.33. The average molecular weight is 390 g/mol. The highest BCUT2D eigenvalue weighted by Gasteiger charge is 2.30. The minimum Gasteiger partial charge on any atom is -0.368 e. The van der Waals surface area contributed by atoms with Gasteiger partial charge in [0.1, 0.15) is 0 Å². The zero-order chi connectivity index (χ0) is 18.7. The lowest BCUT2D eigenvalue weighted by Crippen LogP contribution is -2.47. The third-order valence-electron chi connectivity index (χ3n) is 4.33. The molecule has 1 aliphatic heterocycles. The molecular formula is C18H20ClN5OS. The van der Waals surface area contributed by atoms with Crippen LogP contribution >= 0.6 is 23.5 Å². The number of aromatic nitrogens is 2. The van der Waals surface area contributed by atoms with E-state index in [1.54, 1.807) is 24.2 Å². The van der Waals surface area contributed by atoms with Crippen molar-refractivity contribution in [3.8, 4) is 11.3 Å². The van der Waals surface area contributed by atoms with Crippen LogP contribution in [0.4, 0.5) is 5.95 Å². The summed E-state index contributed by atoms with van der Waals surface area (Å²) in [7, 11) is 0. The van der Waals surface area contributed by atoms with E-state index in [2.05, 4.69) is 20.9 Å². The Hall–Kier alpha value is -2.09. The Balaban J connectivity index is 2.02. The summed E-state index contributed by atoms with van der Waals surface area (Å²) in [6.07, 6.45) is 5.01. The maximum absolute atomic E-state index is 12.3. The maximum atomic E-state index is 12.3. The largest absolute Gasteiger partial charge is 0.368 e. The lowest BCUT2D eigenvalue weighted by molar-refractivity contribution is -0.130. The summed E-state index contributed by atoms with van der Waals surface area (Å²) in [5.74, 6) is 0.127. The molecule has 8 heteroatoms. The third kappa shape index (κ3) is 4.00. The molecule has 6 nitrogen and oxygen atoms in total. The van der Waals surface area contributed by atoms with E-state index in [0.717, 1.165) is 17.7 Å². The van der Waals surface area contributed by atoms with E-state index in [4.69, 9.17) is 17.3 Å². The van der Waals surface area contributed by atoms with Gasteiger partial charge in [0.2, 0.25) is 11.9 Å². The highest BCUT2D eigenvalue weighted by molar-refractivity contribution is 7.96. The fourth-order valence-electron chi connectivity index (χ4n) is 3.08. The second-order valence-electron chi connectivity index (χ2n) is 5.90. The maximum Gasteiger partial charge on any atom is 0.246 e. The zero-order valence-electron chi connectivity index (χ0n) is 14.4. The standard InChI is InChI=1S/C18H20ClN5OS/c1-3-17(25)24-7-6-23(26-2)11-16(24)13-8-12(9-14(19)10-13)15-4-5-21-18(20)22-15/h3-5,8-10,16H,1,6-7,11H2,2H3,(H2,20,21,22)/t16-/m0/s1. The topological polar surface area (TPSA) is 75.4 Å². The van der Waals surface area contributed by atoms with Gasteiger partial charge in [0.05, 0.1) is 11.7 Å². The minimum absolute atomic E-state index is 0.0800.